The van der Waals surface area contributed by atoms with Gasteiger partial charge in [0.1, 0.15) is 6.10 Å². The number of rotatable bonds is 2. The van der Waals surface area contributed by atoms with E-state index in [-0.39, 0.29) is 0 Å². The van der Waals surface area contributed by atoms with Gasteiger partial charge < -0.3 is 5.11 Å². The maximum absolute atomic E-state index is 10.6. The molecule has 1 nitrogen and oxygen atoms in total. The summed E-state index contributed by atoms with van der Waals surface area (Å²) >= 11 is 3.54. The van der Waals surface area contributed by atoms with Crippen molar-refractivity contribution in [2.45, 2.75) is 51.6 Å². The maximum atomic E-state index is 10.6. The van der Waals surface area contributed by atoms with Gasteiger partial charge in [0.2, 0.25) is 0 Å². The van der Waals surface area contributed by atoms with Crippen LogP contribution in [0.1, 0.15) is 55.8 Å². The molecule has 2 heteroatoms. The number of aliphatic hydroxyl groups excluding tert-OH is 1. The lowest BCUT2D eigenvalue weighted by Gasteiger charge is -2.20. The Morgan fingerprint density at radius 1 is 1.17 bits per heavy atom. The minimum atomic E-state index is -0.430. The molecule has 1 aliphatic rings. The van der Waals surface area contributed by atoms with Gasteiger partial charge in [-0.25, -0.2) is 0 Å². The van der Waals surface area contributed by atoms with Crippen LogP contribution in [0.2, 0.25) is 0 Å². The second-order valence-electron chi connectivity index (χ2n) is 5.09. The largest absolute Gasteiger partial charge is 0.384 e. The lowest BCUT2D eigenvalue weighted by atomic mass is 9.91. The van der Waals surface area contributed by atoms with Gasteiger partial charge in [-0.2, -0.15) is 0 Å². The molecule has 98 valence electrons. The molecule has 18 heavy (non-hydrogen) atoms. The Hall–Kier alpha value is -0.600. The van der Waals surface area contributed by atoms with Crippen molar-refractivity contribution in [2.75, 3.05) is 0 Å². The topological polar surface area (TPSA) is 20.2 Å². The van der Waals surface area contributed by atoms with Crippen LogP contribution in [0, 0.1) is 6.92 Å². The van der Waals surface area contributed by atoms with Gasteiger partial charge in [-0.05, 0) is 55.4 Å². The zero-order chi connectivity index (χ0) is 13.0. The van der Waals surface area contributed by atoms with Gasteiger partial charge in [0.05, 0.1) is 0 Å². The van der Waals surface area contributed by atoms with Crippen LogP contribution in [0.3, 0.4) is 0 Å². The summed E-state index contributed by atoms with van der Waals surface area (Å²) in [5, 5.41) is 10.6. The highest BCUT2D eigenvalue weighted by Crippen LogP contribution is 2.32. The highest BCUT2D eigenvalue weighted by atomic mass is 79.9. The van der Waals surface area contributed by atoms with Crippen LogP contribution >= 0.6 is 15.9 Å². The summed E-state index contributed by atoms with van der Waals surface area (Å²) < 4.78 is 1.07. The van der Waals surface area contributed by atoms with Crippen LogP contribution < -0.4 is 0 Å². The van der Waals surface area contributed by atoms with Crippen molar-refractivity contribution < 1.29 is 5.11 Å². The third kappa shape index (κ3) is 3.24. The number of benzene rings is 1. The Balaban J connectivity index is 2.23. The molecular formula is C16H21BrO. The summed E-state index contributed by atoms with van der Waals surface area (Å²) in [5.41, 5.74) is 3.39. The fraction of sp³-hybridized carbons (Fsp3) is 0.500. The van der Waals surface area contributed by atoms with E-state index in [1.165, 1.54) is 31.3 Å². The first-order valence-electron chi connectivity index (χ1n) is 6.82. The molecule has 0 aromatic heterocycles. The van der Waals surface area contributed by atoms with Gasteiger partial charge in [0.15, 0.2) is 0 Å². The molecule has 0 heterocycles. The predicted octanol–water partition coefficient (Wildman–Crippen LogP) is 5.07. The Morgan fingerprint density at radius 2 is 1.94 bits per heavy atom. The number of hydrogen-bond donors (Lipinski definition) is 1. The normalized spacial score (nSPS) is 21.6. The molecule has 1 unspecified atom stereocenters. The maximum Gasteiger partial charge on any atom is 0.100 e. The number of halogens is 1. The molecule has 0 saturated heterocycles. The molecule has 1 aromatic rings. The minimum absolute atomic E-state index is 0.430. The molecule has 1 aliphatic carbocycles. The highest BCUT2D eigenvalue weighted by molar-refractivity contribution is 9.10. The van der Waals surface area contributed by atoms with Crippen LogP contribution in [0.5, 0.6) is 0 Å². The average molecular weight is 309 g/mol. The summed E-state index contributed by atoms with van der Waals surface area (Å²) in [5.74, 6) is 0. The predicted molar refractivity (Wildman–Crippen MR) is 79.6 cm³/mol. The highest BCUT2D eigenvalue weighted by Gasteiger charge is 2.16. The van der Waals surface area contributed by atoms with E-state index in [0.29, 0.717) is 0 Å². The molecule has 0 bridgehead atoms. The second kappa shape index (κ2) is 6.53. The lowest BCUT2D eigenvalue weighted by molar-refractivity contribution is 0.208. The van der Waals surface area contributed by atoms with Gasteiger partial charge in [-0.1, -0.05) is 47.0 Å². The van der Waals surface area contributed by atoms with Crippen molar-refractivity contribution >= 4 is 15.9 Å². The first-order chi connectivity index (χ1) is 8.70. The smallest absolute Gasteiger partial charge is 0.100 e. The quantitative estimate of drug-likeness (QED) is 0.756. The monoisotopic (exact) mass is 308 g/mol. The van der Waals surface area contributed by atoms with Gasteiger partial charge in [0, 0.05) is 4.47 Å². The molecule has 0 radical (unpaired) electrons. The third-order valence-electron chi connectivity index (χ3n) is 3.78. The Bertz CT molecular complexity index is 437. The van der Waals surface area contributed by atoms with Gasteiger partial charge in [-0.15, -0.1) is 0 Å². The first kappa shape index (κ1) is 13.8. The standard InChI is InChI=1S/C16H21BrO/c1-12-14(10-7-11-15(12)17)16(18)13-8-5-3-2-4-6-9-13/h7-8,10-11,16,18H,2-6,9H2,1H3/b13-8+. The number of hydrogen-bond acceptors (Lipinski definition) is 1. The molecule has 0 fully saturated rings. The summed E-state index contributed by atoms with van der Waals surface area (Å²) in [6, 6.07) is 6.06. The zero-order valence-electron chi connectivity index (χ0n) is 11.0. The number of aliphatic hydroxyl groups is 1. The van der Waals surface area contributed by atoms with E-state index < -0.39 is 6.10 Å². The van der Waals surface area contributed by atoms with Crippen molar-refractivity contribution in [1.29, 1.82) is 0 Å². The van der Waals surface area contributed by atoms with E-state index in [9.17, 15) is 5.11 Å². The fourth-order valence-corrected chi connectivity index (χ4v) is 2.97. The summed E-state index contributed by atoms with van der Waals surface area (Å²) in [7, 11) is 0. The molecular weight excluding hydrogens is 288 g/mol. The Morgan fingerprint density at radius 3 is 2.78 bits per heavy atom. The molecule has 0 saturated carbocycles. The summed E-state index contributed by atoms with van der Waals surface area (Å²) in [6.45, 7) is 2.06. The molecule has 1 atom stereocenters. The van der Waals surface area contributed by atoms with Crippen molar-refractivity contribution in [3.63, 3.8) is 0 Å². The van der Waals surface area contributed by atoms with E-state index in [1.807, 2.05) is 18.2 Å². The van der Waals surface area contributed by atoms with Crippen molar-refractivity contribution in [3.8, 4) is 0 Å². The molecule has 1 aromatic carbocycles. The molecule has 1 N–H and O–H groups in total. The van der Waals surface area contributed by atoms with E-state index in [2.05, 4.69) is 28.9 Å². The first-order valence-corrected chi connectivity index (χ1v) is 7.61. The van der Waals surface area contributed by atoms with Crippen LogP contribution in [0.15, 0.2) is 34.3 Å². The Labute approximate surface area is 118 Å². The third-order valence-corrected chi connectivity index (χ3v) is 4.64. The van der Waals surface area contributed by atoms with Gasteiger partial charge in [0.25, 0.3) is 0 Å². The average Bonchev–Trinajstić information content (AvgIpc) is 2.31. The fourth-order valence-electron chi connectivity index (χ4n) is 2.58. The molecule has 0 amide bonds. The molecule has 2 rings (SSSR count). The van der Waals surface area contributed by atoms with Crippen LogP contribution in [0.4, 0.5) is 0 Å². The lowest BCUT2D eigenvalue weighted by Crippen LogP contribution is -2.05. The molecule has 0 aliphatic heterocycles. The van der Waals surface area contributed by atoms with E-state index in [0.717, 1.165) is 28.4 Å². The van der Waals surface area contributed by atoms with Crippen molar-refractivity contribution in [3.05, 3.63) is 45.4 Å². The van der Waals surface area contributed by atoms with Crippen molar-refractivity contribution in [1.82, 2.24) is 0 Å². The van der Waals surface area contributed by atoms with Gasteiger partial charge in [-0.3, -0.25) is 0 Å². The summed E-state index contributed by atoms with van der Waals surface area (Å²) in [6.07, 6.45) is 9.05. The van der Waals surface area contributed by atoms with E-state index in [4.69, 9.17) is 0 Å². The second-order valence-corrected chi connectivity index (χ2v) is 5.94. The molecule has 0 spiro atoms. The minimum Gasteiger partial charge on any atom is -0.384 e. The zero-order valence-corrected chi connectivity index (χ0v) is 12.5. The van der Waals surface area contributed by atoms with E-state index >= 15 is 0 Å². The summed E-state index contributed by atoms with van der Waals surface area (Å²) in [4.78, 5) is 0. The van der Waals surface area contributed by atoms with Crippen LogP contribution in [-0.4, -0.2) is 5.11 Å². The Kier molecular flexibility index (Phi) is 5.02. The van der Waals surface area contributed by atoms with Crippen molar-refractivity contribution in [2.24, 2.45) is 0 Å². The number of allylic oxidation sites excluding steroid dienone is 1. The van der Waals surface area contributed by atoms with Crippen LogP contribution in [0.25, 0.3) is 0 Å². The SMILES string of the molecule is Cc1c(Br)cccc1C(O)/C1=C/CCCCCC1. The van der Waals surface area contributed by atoms with E-state index in [1.54, 1.807) is 0 Å². The van der Waals surface area contributed by atoms with Gasteiger partial charge >= 0.3 is 0 Å². The van der Waals surface area contributed by atoms with Crippen LogP contribution in [-0.2, 0) is 0 Å².